The van der Waals surface area contributed by atoms with Crippen LogP contribution in [0.3, 0.4) is 0 Å². The van der Waals surface area contributed by atoms with Crippen molar-refractivity contribution in [2.45, 2.75) is 32.0 Å². The predicted molar refractivity (Wildman–Crippen MR) is 66.1 cm³/mol. The Bertz CT molecular complexity index is 535. The zero-order valence-corrected chi connectivity index (χ0v) is 10.7. The summed E-state index contributed by atoms with van der Waals surface area (Å²) in [6.45, 7) is 1.71. The zero-order chi connectivity index (χ0) is 15.3. The molecule has 0 heterocycles. The van der Waals surface area contributed by atoms with Gasteiger partial charge in [0.25, 0.3) is 0 Å². The van der Waals surface area contributed by atoms with E-state index in [1.807, 2.05) is 0 Å². The van der Waals surface area contributed by atoms with Gasteiger partial charge in [-0.1, -0.05) is 0 Å². The number of nitrogens with one attached hydrogen (secondary N) is 1. The van der Waals surface area contributed by atoms with Crippen molar-refractivity contribution in [2.75, 3.05) is 5.32 Å². The summed E-state index contributed by atoms with van der Waals surface area (Å²) in [5.74, 6) is -0.941. The summed E-state index contributed by atoms with van der Waals surface area (Å²) in [7, 11) is 0. The molecule has 20 heavy (non-hydrogen) atoms. The summed E-state index contributed by atoms with van der Waals surface area (Å²) in [6.07, 6.45) is -4.28. The van der Waals surface area contributed by atoms with Gasteiger partial charge in [-0.3, -0.25) is 4.79 Å². The minimum absolute atomic E-state index is 0.0418. The number of alkyl halides is 3. The highest BCUT2D eigenvalue weighted by molar-refractivity contribution is 5.66. The van der Waals surface area contributed by atoms with Crippen LogP contribution in [0.5, 0.6) is 0 Å². The van der Waals surface area contributed by atoms with Crippen LogP contribution in [0, 0.1) is 11.3 Å². The summed E-state index contributed by atoms with van der Waals surface area (Å²) >= 11 is 0. The van der Waals surface area contributed by atoms with Gasteiger partial charge < -0.3 is 10.4 Å². The maximum absolute atomic E-state index is 12.6. The van der Waals surface area contributed by atoms with E-state index in [-0.39, 0.29) is 12.5 Å². The lowest BCUT2D eigenvalue weighted by Gasteiger charge is -2.16. The number of rotatable bonds is 5. The Hall–Kier alpha value is -2.23. The fraction of sp³-hybridized carbons (Fsp3) is 0.385. The van der Waals surface area contributed by atoms with E-state index in [1.165, 1.54) is 12.1 Å². The molecule has 0 saturated heterocycles. The Morgan fingerprint density at radius 3 is 2.65 bits per heavy atom. The number of carboxylic acid groups (broad SMARTS) is 1. The van der Waals surface area contributed by atoms with Crippen molar-refractivity contribution in [3.63, 3.8) is 0 Å². The van der Waals surface area contributed by atoms with Crippen LogP contribution in [-0.2, 0) is 11.0 Å². The SMILES string of the molecule is CC(CCC(=O)O)Nc1ccc(C(F)(F)F)c(C#N)c1. The van der Waals surface area contributed by atoms with Gasteiger partial charge in [-0.2, -0.15) is 18.4 Å². The third-order valence-electron chi connectivity index (χ3n) is 2.65. The maximum Gasteiger partial charge on any atom is 0.417 e. The van der Waals surface area contributed by atoms with Crippen molar-refractivity contribution in [3.05, 3.63) is 29.3 Å². The average molecular weight is 286 g/mol. The van der Waals surface area contributed by atoms with Crippen LogP contribution in [-0.4, -0.2) is 17.1 Å². The summed E-state index contributed by atoms with van der Waals surface area (Å²) in [5.41, 5.74) is -1.09. The predicted octanol–water partition coefficient (Wildman–Crippen LogP) is 3.24. The summed E-state index contributed by atoms with van der Waals surface area (Å²) in [4.78, 5) is 10.4. The van der Waals surface area contributed by atoms with Crippen molar-refractivity contribution >= 4 is 11.7 Å². The Morgan fingerprint density at radius 2 is 2.15 bits per heavy atom. The van der Waals surface area contributed by atoms with E-state index < -0.39 is 23.3 Å². The second kappa shape index (κ2) is 6.28. The topological polar surface area (TPSA) is 73.1 Å². The first-order valence-corrected chi connectivity index (χ1v) is 5.83. The minimum Gasteiger partial charge on any atom is -0.481 e. The van der Waals surface area contributed by atoms with E-state index in [9.17, 15) is 18.0 Å². The van der Waals surface area contributed by atoms with E-state index in [4.69, 9.17) is 10.4 Å². The number of halogens is 3. The second-order valence-electron chi connectivity index (χ2n) is 4.35. The first-order chi connectivity index (χ1) is 9.24. The number of carbonyl (C=O) groups is 1. The summed E-state index contributed by atoms with van der Waals surface area (Å²) < 4.78 is 37.8. The molecule has 108 valence electrons. The lowest BCUT2D eigenvalue weighted by molar-refractivity contribution is -0.138. The Labute approximate surface area is 113 Å². The van der Waals surface area contributed by atoms with E-state index >= 15 is 0 Å². The molecule has 1 aromatic rings. The molecular formula is C13H13F3N2O2. The van der Waals surface area contributed by atoms with Crippen LogP contribution >= 0.6 is 0 Å². The third-order valence-corrected chi connectivity index (χ3v) is 2.65. The first kappa shape index (κ1) is 15.8. The highest BCUT2D eigenvalue weighted by Crippen LogP contribution is 2.33. The number of carboxylic acids is 1. The van der Waals surface area contributed by atoms with Crippen molar-refractivity contribution in [2.24, 2.45) is 0 Å². The van der Waals surface area contributed by atoms with Crippen LogP contribution in [0.2, 0.25) is 0 Å². The lowest BCUT2D eigenvalue weighted by atomic mass is 10.1. The molecule has 0 bridgehead atoms. The lowest BCUT2D eigenvalue weighted by Crippen LogP contribution is -2.17. The Balaban J connectivity index is 2.84. The quantitative estimate of drug-likeness (QED) is 0.871. The molecule has 0 saturated carbocycles. The van der Waals surface area contributed by atoms with Gasteiger partial charge in [0.15, 0.2) is 0 Å². The maximum atomic E-state index is 12.6. The van der Waals surface area contributed by atoms with Gasteiger partial charge in [0.05, 0.1) is 17.2 Å². The van der Waals surface area contributed by atoms with Crippen molar-refractivity contribution in [3.8, 4) is 6.07 Å². The largest absolute Gasteiger partial charge is 0.481 e. The highest BCUT2D eigenvalue weighted by atomic mass is 19.4. The summed E-state index contributed by atoms with van der Waals surface area (Å²) in [6, 6.07) is 4.46. The van der Waals surface area contributed by atoms with Crippen LogP contribution in [0.1, 0.15) is 30.9 Å². The molecular weight excluding hydrogens is 273 g/mol. The molecule has 1 aromatic carbocycles. The molecule has 0 fully saturated rings. The fourth-order valence-corrected chi connectivity index (χ4v) is 1.67. The van der Waals surface area contributed by atoms with Gasteiger partial charge in [0.2, 0.25) is 0 Å². The molecule has 0 radical (unpaired) electrons. The van der Waals surface area contributed by atoms with Crippen LogP contribution < -0.4 is 5.32 Å². The van der Waals surface area contributed by atoms with Gasteiger partial charge >= 0.3 is 12.1 Å². The molecule has 0 aromatic heterocycles. The number of hydrogen-bond acceptors (Lipinski definition) is 3. The molecule has 0 amide bonds. The second-order valence-corrected chi connectivity index (χ2v) is 4.35. The highest BCUT2D eigenvalue weighted by Gasteiger charge is 2.33. The first-order valence-electron chi connectivity index (χ1n) is 5.83. The molecule has 0 aliphatic heterocycles. The number of nitriles is 1. The molecule has 1 atom stereocenters. The molecule has 4 nitrogen and oxygen atoms in total. The molecule has 7 heteroatoms. The normalized spacial score (nSPS) is 12.6. The minimum atomic E-state index is -4.57. The zero-order valence-electron chi connectivity index (χ0n) is 10.7. The fourth-order valence-electron chi connectivity index (χ4n) is 1.67. The number of anilines is 1. The molecule has 2 N–H and O–H groups in total. The van der Waals surface area contributed by atoms with Crippen molar-refractivity contribution < 1.29 is 23.1 Å². The number of aliphatic carboxylic acids is 1. The van der Waals surface area contributed by atoms with E-state index in [0.717, 1.165) is 12.1 Å². The molecule has 0 aliphatic carbocycles. The molecule has 1 unspecified atom stereocenters. The molecule has 0 spiro atoms. The number of nitrogens with zero attached hydrogens (tertiary/aromatic N) is 1. The Morgan fingerprint density at radius 1 is 1.50 bits per heavy atom. The molecule has 0 aliphatic rings. The molecule has 1 rings (SSSR count). The summed E-state index contributed by atoms with van der Waals surface area (Å²) in [5, 5.41) is 20.2. The van der Waals surface area contributed by atoms with Crippen LogP contribution in [0.15, 0.2) is 18.2 Å². The Kier molecular flexibility index (Phi) is 4.97. The van der Waals surface area contributed by atoms with E-state index in [1.54, 1.807) is 6.92 Å². The van der Waals surface area contributed by atoms with Gasteiger partial charge in [-0.15, -0.1) is 0 Å². The van der Waals surface area contributed by atoms with E-state index in [0.29, 0.717) is 12.1 Å². The van der Waals surface area contributed by atoms with E-state index in [2.05, 4.69) is 5.32 Å². The van der Waals surface area contributed by atoms with Gasteiger partial charge in [0.1, 0.15) is 0 Å². The number of benzene rings is 1. The monoisotopic (exact) mass is 286 g/mol. The van der Waals surface area contributed by atoms with Crippen molar-refractivity contribution in [1.82, 2.24) is 0 Å². The van der Waals surface area contributed by atoms with Gasteiger partial charge in [-0.25, -0.2) is 0 Å². The smallest absolute Gasteiger partial charge is 0.417 e. The van der Waals surface area contributed by atoms with Gasteiger partial charge in [0, 0.05) is 18.2 Å². The van der Waals surface area contributed by atoms with Crippen molar-refractivity contribution in [1.29, 1.82) is 5.26 Å². The van der Waals surface area contributed by atoms with Gasteiger partial charge in [-0.05, 0) is 31.5 Å². The van der Waals surface area contributed by atoms with Crippen LogP contribution in [0.25, 0.3) is 0 Å². The average Bonchev–Trinajstić information content (AvgIpc) is 2.34. The van der Waals surface area contributed by atoms with Crippen LogP contribution in [0.4, 0.5) is 18.9 Å². The number of hydrogen-bond donors (Lipinski definition) is 2. The third kappa shape index (κ3) is 4.46. The standard InChI is InChI=1S/C13H13F3N2O2/c1-8(2-5-12(19)20)18-10-3-4-11(13(14,15)16)9(6-10)7-17/h3-4,6,8,18H,2,5H2,1H3,(H,19,20).